The summed E-state index contributed by atoms with van der Waals surface area (Å²) in [6.07, 6.45) is -0.139. The van der Waals surface area contributed by atoms with E-state index in [0.717, 1.165) is 12.1 Å². The molecule has 0 bridgehead atoms. The highest BCUT2D eigenvalue weighted by Crippen LogP contribution is 2.24. The fourth-order valence-electron chi connectivity index (χ4n) is 2.71. The van der Waals surface area contributed by atoms with Gasteiger partial charge in [-0.05, 0) is 30.9 Å². The molecule has 24 heavy (non-hydrogen) atoms. The number of aliphatic carboxylic acids is 1. The van der Waals surface area contributed by atoms with Crippen LogP contribution in [0.2, 0.25) is 0 Å². The molecule has 1 aromatic rings. The van der Waals surface area contributed by atoms with Crippen molar-refractivity contribution >= 4 is 11.9 Å². The second-order valence-corrected chi connectivity index (χ2v) is 6.30. The van der Waals surface area contributed by atoms with Crippen LogP contribution in [0, 0.1) is 23.5 Å². The number of hydrogen-bond donors (Lipinski definition) is 1. The standard InChI is InChI=1S/C17H21F2NO4/c1-10(2)15(24-14-4-3-12(18)9-13(14)19)16(21)20-7-5-11(6-8-20)17(22)23/h3-4,9-11,15H,5-8H2,1-2H3,(H,22,23)/t15-/m1/s1. The third-order valence-electron chi connectivity index (χ3n) is 4.15. The summed E-state index contributed by atoms with van der Waals surface area (Å²) in [4.78, 5) is 25.2. The zero-order chi connectivity index (χ0) is 17.9. The van der Waals surface area contributed by atoms with Gasteiger partial charge in [-0.25, -0.2) is 8.78 Å². The van der Waals surface area contributed by atoms with Crippen LogP contribution in [0.1, 0.15) is 26.7 Å². The summed E-state index contributed by atoms with van der Waals surface area (Å²) in [5.74, 6) is -3.59. The van der Waals surface area contributed by atoms with Crippen molar-refractivity contribution in [3.05, 3.63) is 29.8 Å². The van der Waals surface area contributed by atoms with Gasteiger partial charge in [-0.3, -0.25) is 9.59 Å². The van der Waals surface area contributed by atoms with Crippen LogP contribution >= 0.6 is 0 Å². The molecular formula is C17H21F2NO4. The Morgan fingerprint density at radius 3 is 2.38 bits per heavy atom. The maximum Gasteiger partial charge on any atom is 0.306 e. The van der Waals surface area contributed by atoms with Gasteiger partial charge in [-0.1, -0.05) is 13.8 Å². The highest BCUT2D eigenvalue weighted by molar-refractivity contribution is 5.82. The Morgan fingerprint density at radius 1 is 1.25 bits per heavy atom. The average molecular weight is 341 g/mol. The van der Waals surface area contributed by atoms with Crippen molar-refractivity contribution in [3.8, 4) is 5.75 Å². The first-order valence-corrected chi connectivity index (χ1v) is 7.93. The number of amides is 1. The van der Waals surface area contributed by atoms with E-state index in [1.165, 1.54) is 0 Å². The first-order valence-electron chi connectivity index (χ1n) is 7.93. The van der Waals surface area contributed by atoms with Crippen LogP contribution in [0.5, 0.6) is 5.75 Å². The molecule has 1 aliphatic heterocycles. The van der Waals surface area contributed by atoms with E-state index in [2.05, 4.69) is 0 Å². The van der Waals surface area contributed by atoms with E-state index >= 15 is 0 Å². The molecule has 0 saturated carbocycles. The number of ether oxygens (including phenoxy) is 1. The van der Waals surface area contributed by atoms with Gasteiger partial charge in [0.25, 0.3) is 5.91 Å². The van der Waals surface area contributed by atoms with Gasteiger partial charge < -0.3 is 14.7 Å². The van der Waals surface area contributed by atoms with Crippen LogP contribution in [0.3, 0.4) is 0 Å². The van der Waals surface area contributed by atoms with Crippen LogP contribution in [0.25, 0.3) is 0 Å². The van der Waals surface area contributed by atoms with E-state index in [9.17, 15) is 18.4 Å². The van der Waals surface area contributed by atoms with Gasteiger partial charge in [0.05, 0.1) is 5.92 Å². The molecule has 5 nitrogen and oxygen atoms in total. The zero-order valence-corrected chi connectivity index (χ0v) is 13.7. The number of carbonyl (C=O) groups excluding carboxylic acids is 1. The van der Waals surface area contributed by atoms with E-state index < -0.39 is 29.6 Å². The van der Waals surface area contributed by atoms with Crippen LogP contribution in [0.4, 0.5) is 8.78 Å². The van der Waals surface area contributed by atoms with Crippen LogP contribution in [-0.4, -0.2) is 41.1 Å². The van der Waals surface area contributed by atoms with Crippen molar-refractivity contribution in [2.75, 3.05) is 13.1 Å². The molecule has 132 valence electrons. The Kier molecular flexibility index (Phi) is 5.75. The molecule has 0 aromatic heterocycles. The predicted molar refractivity (Wildman–Crippen MR) is 82.6 cm³/mol. The molecule has 1 aromatic carbocycles. The summed E-state index contributed by atoms with van der Waals surface area (Å²) < 4.78 is 32.2. The highest BCUT2D eigenvalue weighted by atomic mass is 19.1. The number of nitrogens with zero attached hydrogens (tertiary/aromatic N) is 1. The molecule has 1 fully saturated rings. The van der Waals surface area contributed by atoms with E-state index in [1.54, 1.807) is 18.7 Å². The predicted octanol–water partition coefficient (Wildman–Crippen LogP) is 2.69. The fraction of sp³-hybridized carbons (Fsp3) is 0.529. The maximum absolute atomic E-state index is 13.8. The lowest BCUT2D eigenvalue weighted by Gasteiger charge is -2.34. The Hall–Kier alpha value is -2.18. The largest absolute Gasteiger partial charge is 0.481 e. The summed E-state index contributed by atoms with van der Waals surface area (Å²) in [6.45, 7) is 4.20. The quantitative estimate of drug-likeness (QED) is 0.894. The summed E-state index contributed by atoms with van der Waals surface area (Å²) >= 11 is 0. The number of piperidine rings is 1. The number of carboxylic acid groups (broad SMARTS) is 1. The molecular weight excluding hydrogens is 320 g/mol. The third kappa shape index (κ3) is 4.21. The minimum atomic E-state index is -0.911. The summed E-state index contributed by atoms with van der Waals surface area (Å²) in [5, 5.41) is 9.01. The first kappa shape index (κ1) is 18.2. The van der Waals surface area contributed by atoms with E-state index in [0.29, 0.717) is 32.0 Å². The number of hydrogen-bond acceptors (Lipinski definition) is 3. The number of rotatable bonds is 5. The molecule has 1 atom stereocenters. The SMILES string of the molecule is CC(C)[C@@H](Oc1ccc(F)cc1F)C(=O)N1CCC(C(=O)O)CC1. The molecule has 7 heteroatoms. The molecule has 0 spiro atoms. The molecule has 1 N–H and O–H groups in total. The van der Waals surface area contributed by atoms with E-state index in [-0.39, 0.29) is 17.6 Å². The lowest BCUT2D eigenvalue weighted by Crippen LogP contribution is -2.48. The number of carbonyl (C=O) groups is 2. The van der Waals surface area contributed by atoms with Crippen molar-refractivity contribution in [3.63, 3.8) is 0 Å². The molecule has 1 saturated heterocycles. The zero-order valence-electron chi connectivity index (χ0n) is 13.7. The summed E-state index contributed by atoms with van der Waals surface area (Å²) in [7, 11) is 0. The Morgan fingerprint density at radius 2 is 1.88 bits per heavy atom. The molecule has 1 amide bonds. The molecule has 0 unspecified atom stereocenters. The maximum atomic E-state index is 13.8. The molecule has 0 radical (unpaired) electrons. The van der Waals surface area contributed by atoms with Crippen LogP contribution in [0.15, 0.2) is 18.2 Å². The molecule has 1 heterocycles. The normalized spacial score (nSPS) is 17.0. The van der Waals surface area contributed by atoms with Gasteiger partial charge in [-0.15, -0.1) is 0 Å². The van der Waals surface area contributed by atoms with Gasteiger partial charge in [0.2, 0.25) is 0 Å². The summed E-state index contributed by atoms with van der Waals surface area (Å²) in [5.41, 5.74) is 0. The second kappa shape index (κ2) is 7.59. The molecule has 2 rings (SSSR count). The van der Waals surface area contributed by atoms with Crippen LogP contribution < -0.4 is 4.74 Å². The topological polar surface area (TPSA) is 66.8 Å². The van der Waals surface area contributed by atoms with E-state index in [1.807, 2.05) is 0 Å². The van der Waals surface area contributed by atoms with Crippen molar-refractivity contribution in [1.29, 1.82) is 0 Å². The van der Waals surface area contributed by atoms with Gasteiger partial charge in [0.15, 0.2) is 17.7 Å². The minimum Gasteiger partial charge on any atom is -0.481 e. The first-order chi connectivity index (χ1) is 11.3. The smallest absolute Gasteiger partial charge is 0.306 e. The average Bonchev–Trinajstić information content (AvgIpc) is 2.53. The van der Waals surface area contributed by atoms with Crippen molar-refractivity contribution < 1.29 is 28.2 Å². The number of benzene rings is 1. The third-order valence-corrected chi connectivity index (χ3v) is 4.15. The number of likely N-dealkylation sites (tertiary alicyclic amines) is 1. The van der Waals surface area contributed by atoms with Crippen molar-refractivity contribution in [2.45, 2.75) is 32.8 Å². The Labute approximate surface area is 139 Å². The lowest BCUT2D eigenvalue weighted by atomic mass is 9.96. The summed E-state index contributed by atoms with van der Waals surface area (Å²) in [6, 6.07) is 2.93. The van der Waals surface area contributed by atoms with Gasteiger partial charge in [0.1, 0.15) is 5.82 Å². The van der Waals surface area contributed by atoms with Gasteiger partial charge in [0, 0.05) is 19.2 Å². The van der Waals surface area contributed by atoms with Gasteiger partial charge >= 0.3 is 5.97 Å². The fourth-order valence-corrected chi connectivity index (χ4v) is 2.71. The van der Waals surface area contributed by atoms with Crippen molar-refractivity contribution in [1.82, 2.24) is 4.90 Å². The molecule has 1 aliphatic rings. The Balaban J connectivity index is 2.07. The van der Waals surface area contributed by atoms with Gasteiger partial charge in [-0.2, -0.15) is 0 Å². The lowest BCUT2D eigenvalue weighted by molar-refractivity contribution is -0.148. The number of halogens is 2. The highest BCUT2D eigenvalue weighted by Gasteiger charge is 2.33. The van der Waals surface area contributed by atoms with E-state index in [4.69, 9.17) is 9.84 Å². The van der Waals surface area contributed by atoms with Crippen LogP contribution in [-0.2, 0) is 9.59 Å². The second-order valence-electron chi connectivity index (χ2n) is 6.30. The Bertz CT molecular complexity index is 613. The molecule has 0 aliphatic carbocycles. The number of carboxylic acids is 1. The monoisotopic (exact) mass is 341 g/mol. The minimum absolute atomic E-state index is 0.177. The van der Waals surface area contributed by atoms with Crippen molar-refractivity contribution in [2.24, 2.45) is 11.8 Å².